The first kappa shape index (κ1) is 20.5. The number of aryl methyl sites for hydroxylation is 1. The lowest BCUT2D eigenvalue weighted by molar-refractivity contribution is -0.114. The average molecular weight is 393 g/mol. The van der Waals surface area contributed by atoms with Crippen LogP contribution in [0.3, 0.4) is 0 Å². The Labute approximate surface area is 171 Å². The van der Waals surface area contributed by atoms with Crippen LogP contribution in [0, 0.1) is 6.92 Å². The summed E-state index contributed by atoms with van der Waals surface area (Å²) < 4.78 is 10.9. The van der Waals surface area contributed by atoms with Gasteiger partial charge in [-0.2, -0.15) is 0 Å². The van der Waals surface area contributed by atoms with E-state index >= 15 is 0 Å². The number of carbonyl (C=O) groups excluding carboxylic acids is 1. The molecule has 2 aromatic carbocycles. The minimum Gasteiger partial charge on any atom is -0.508 e. The number of aromatic hydroxyl groups is 1. The van der Waals surface area contributed by atoms with Gasteiger partial charge < -0.3 is 19.5 Å². The SMILES string of the molecule is COc1cc(O)cc(OC)c1/C=C1/C(=O)N(c2ccc(C)cc2)CCC(C)=C1C. The van der Waals surface area contributed by atoms with Gasteiger partial charge in [0, 0.05) is 29.9 Å². The first-order chi connectivity index (χ1) is 13.8. The van der Waals surface area contributed by atoms with Crippen molar-refractivity contribution in [3.63, 3.8) is 0 Å². The second-order valence-corrected chi connectivity index (χ2v) is 7.27. The van der Waals surface area contributed by atoms with Gasteiger partial charge in [0.05, 0.1) is 19.8 Å². The molecule has 2 aromatic rings. The third kappa shape index (κ3) is 4.14. The number of ether oxygens (including phenoxy) is 2. The van der Waals surface area contributed by atoms with Crippen molar-refractivity contribution in [1.29, 1.82) is 0 Å². The molecule has 0 saturated heterocycles. The molecule has 0 bridgehead atoms. The summed E-state index contributed by atoms with van der Waals surface area (Å²) in [7, 11) is 3.05. The summed E-state index contributed by atoms with van der Waals surface area (Å²) in [6.07, 6.45) is 2.59. The van der Waals surface area contributed by atoms with Crippen molar-refractivity contribution in [2.24, 2.45) is 0 Å². The van der Waals surface area contributed by atoms with Crippen LogP contribution in [0.25, 0.3) is 6.08 Å². The van der Waals surface area contributed by atoms with Crippen LogP contribution in [0.15, 0.2) is 53.1 Å². The van der Waals surface area contributed by atoms with Gasteiger partial charge in [-0.15, -0.1) is 0 Å². The zero-order valence-corrected chi connectivity index (χ0v) is 17.6. The largest absolute Gasteiger partial charge is 0.508 e. The van der Waals surface area contributed by atoms with E-state index in [0.29, 0.717) is 29.2 Å². The summed E-state index contributed by atoms with van der Waals surface area (Å²) in [6.45, 7) is 6.67. The molecule has 29 heavy (non-hydrogen) atoms. The number of benzene rings is 2. The molecule has 3 rings (SSSR count). The monoisotopic (exact) mass is 393 g/mol. The van der Waals surface area contributed by atoms with Gasteiger partial charge in [0.25, 0.3) is 5.91 Å². The van der Waals surface area contributed by atoms with Gasteiger partial charge in [-0.1, -0.05) is 23.3 Å². The minimum absolute atomic E-state index is 0.0396. The lowest BCUT2D eigenvalue weighted by Crippen LogP contribution is -2.31. The van der Waals surface area contributed by atoms with Crippen LogP contribution in [-0.2, 0) is 4.79 Å². The molecule has 0 radical (unpaired) electrons. The first-order valence-electron chi connectivity index (χ1n) is 9.57. The van der Waals surface area contributed by atoms with E-state index in [1.807, 2.05) is 43.0 Å². The van der Waals surface area contributed by atoms with Crippen molar-refractivity contribution in [1.82, 2.24) is 0 Å². The predicted octanol–water partition coefficient (Wildman–Crippen LogP) is 4.87. The molecule has 0 atom stereocenters. The number of methoxy groups -OCH3 is 2. The Kier molecular flexibility index (Phi) is 5.97. The highest BCUT2D eigenvalue weighted by atomic mass is 16.5. The van der Waals surface area contributed by atoms with Crippen molar-refractivity contribution >= 4 is 17.7 Å². The van der Waals surface area contributed by atoms with Gasteiger partial charge in [0.1, 0.15) is 17.2 Å². The summed E-state index contributed by atoms with van der Waals surface area (Å²) in [6, 6.07) is 11.0. The van der Waals surface area contributed by atoms with E-state index in [1.54, 1.807) is 6.08 Å². The molecular weight excluding hydrogens is 366 g/mol. The molecule has 1 heterocycles. The third-order valence-corrected chi connectivity index (χ3v) is 5.39. The van der Waals surface area contributed by atoms with Crippen LogP contribution in [-0.4, -0.2) is 31.8 Å². The van der Waals surface area contributed by atoms with E-state index < -0.39 is 0 Å². The molecule has 0 aliphatic carbocycles. The van der Waals surface area contributed by atoms with Crippen LogP contribution >= 0.6 is 0 Å². The molecule has 0 fully saturated rings. The Morgan fingerprint density at radius 2 is 1.59 bits per heavy atom. The number of phenols is 1. The van der Waals surface area contributed by atoms with Crippen LogP contribution < -0.4 is 14.4 Å². The molecule has 1 N–H and O–H groups in total. The fourth-order valence-corrected chi connectivity index (χ4v) is 3.46. The van der Waals surface area contributed by atoms with Crippen molar-refractivity contribution in [2.45, 2.75) is 27.2 Å². The highest BCUT2D eigenvalue weighted by molar-refractivity contribution is 6.12. The predicted molar refractivity (Wildman–Crippen MR) is 116 cm³/mol. The summed E-state index contributed by atoms with van der Waals surface area (Å²) in [5, 5.41) is 9.93. The summed E-state index contributed by atoms with van der Waals surface area (Å²) in [5.41, 5.74) is 5.34. The molecule has 1 aliphatic rings. The van der Waals surface area contributed by atoms with Gasteiger partial charge in [-0.25, -0.2) is 0 Å². The summed E-state index contributed by atoms with van der Waals surface area (Å²) in [4.78, 5) is 15.4. The van der Waals surface area contributed by atoms with Gasteiger partial charge in [0.15, 0.2) is 0 Å². The normalized spacial score (nSPS) is 16.2. The number of carbonyl (C=O) groups is 1. The number of anilines is 1. The molecule has 5 heteroatoms. The molecule has 152 valence electrons. The molecular formula is C24H27NO4. The van der Waals surface area contributed by atoms with E-state index in [-0.39, 0.29) is 11.7 Å². The Morgan fingerprint density at radius 1 is 1.00 bits per heavy atom. The Hall–Kier alpha value is -3.21. The van der Waals surface area contributed by atoms with Crippen molar-refractivity contribution in [2.75, 3.05) is 25.7 Å². The number of hydrogen-bond acceptors (Lipinski definition) is 4. The van der Waals surface area contributed by atoms with Crippen LogP contribution in [0.4, 0.5) is 5.69 Å². The molecule has 0 aromatic heterocycles. The van der Waals surface area contributed by atoms with Crippen molar-refractivity contribution < 1.29 is 19.4 Å². The van der Waals surface area contributed by atoms with Crippen molar-refractivity contribution in [3.8, 4) is 17.2 Å². The van der Waals surface area contributed by atoms with E-state index in [2.05, 4.69) is 6.92 Å². The molecule has 0 unspecified atom stereocenters. The fraction of sp³-hybridized carbons (Fsp3) is 0.292. The van der Waals surface area contributed by atoms with Gasteiger partial charge >= 0.3 is 0 Å². The molecule has 5 nitrogen and oxygen atoms in total. The summed E-state index contributed by atoms with van der Waals surface area (Å²) >= 11 is 0. The van der Waals surface area contributed by atoms with E-state index in [0.717, 1.165) is 28.8 Å². The molecule has 0 spiro atoms. The minimum atomic E-state index is -0.0691. The zero-order chi connectivity index (χ0) is 21.1. The first-order valence-corrected chi connectivity index (χ1v) is 9.57. The fourth-order valence-electron chi connectivity index (χ4n) is 3.46. The van der Waals surface area contributed by atoms with E-state index in [1.165, 1.54) is 26.4 Å². The summed E-state index contributed by atoms with van der Waals surface area (Å²) in [5.74, 6) is 0.857. The van der Waals surface area contributed by atoms with Crippen LogP contribution in [0.2, 0.25) is 0 Å². The van der Waals surface area contributed by atoms with Gasteiger partial charge in [-0.05, 0) is 51.0 Å². The van der Waals surface area contributed by atoms with Crippen LogP contribution in [0.1, 0.15) is 31.4 Å². The number of amides is 1. The van der Waals surface area contributed by atoms with Crippen LogP contribution in [0.5, 0.6) is 17.2 Å². The van der Waals surface area contributed by atoms with Crippen molar-refractivity contribution in [3.05, 3.63) is 64.2 Å². The quantitative estimate of drug-likeness (QED) is 0.753. The maximum atomic E-state index is 13.5. The van der Waals surface area contributed by atoms with Gasteiger partial charge in [0.2, 0.25) is 0 Å². The van der Waals surface area contributed by atoms with E-state index in [4.69, 9.17) is 9.47 Å². The standard InChI is InChI=1S/C24H27NO4/c1-15-6-8-18(9-7-15)25-11-10-16(2)17(3)20(24(25)27)14-21-22(28-4)12-19(26)13-23(21)29-5/h6-9,12-14,26H,10-11H2,1-5H3/b20-14+. The number of hydrogen-bond donors (Lipinski definition) is 1. The highest BCUT2D eigenvalue weighted by Gasteiger charge is 2.26. The lowest BCUT2D eigenvalue weighted by Gasteiger charge is -2.22. The number of phenolic OH excluding ortho intramolecular Hbond substituents is 1. The second-order valence-electron chi connectivity index (χ2n) is 7.27. The topological polar surface area (TPSA) is 59.0 Å². The van der Waals surface area contributed by atoms with Gasteiger partial charge in [-0.3, -0.25) is 4.79 Å². The molecule has 1 aliphatic heterocycles. The zero-order valence-electron chi connectivity index (χ0n) is 17.6. The average Bonchev–Trinajstić information content (AvgIpc) is 2.81. The second kappa shape index (κ2) is 8.43. The maximum Gasteiger partial charge on any atom is 0.258 e. The number of rotatable bonds is 4. The number of nitrogens with zero attached hydrogens (tertiary/aromatic N) is 1. The molecule has 1 amide bonds. The lowest BCUT2D eigenvalue weighted by atomic mass is 9.98. The highest BCUT2D eigenvalue weighted by Crippen LogP contribution is 2.37. The smallest absolute Gasteiger partial charge is 0.258 e. The maximum absolute atomic E-state index is 13.5. The van der Waals surface area contributed by atoms with E-state index in [9.17, 15) is 9.90 Å². The Morgan fingerprint density at radius 3 is 2.14 bits per heavy atom. The molecule has 0 saturated carbocycles. The Bertz CT molecular complexity index is 961. The third-order valence-electron chi connectivity index (χ3n) is 5.39. The Balaban J connectivity index is 2.16.